The monoisotopic (exact) mass is 159 g/mol. The van der Waals surface area contributed by atoms with Crippen molar-refractivity contribution >= 4 is 5.97 Å². The first-order chi connectivity index (χ1) is 4.99. The molecule has 11 heavy (non-hydrogen) atoms. The van der Waals surface area contributed by atoms with Gasteiger partial charge in [-0.3, -0.25) is 4.79 Å². The second kappa shape index (κ2) is 3.72. The van der Waals surface area contributed by atoms with E-state index in [2.05, 4.69) is 5.32 Å². The lowest BCUT2D eigenvalue weighted by Gasteiger charge is -2.30. The Bertz CT molecular complexity index is 147. The molecule has 0 amide bonds. The molecule has 0 bridgehead atoms. The molecule has 3 nitrogen and oxygen atoms in total. The van der Waals surface area contributed by atoms with E-state index in [-0.39, 0.29) is 5.92 Å². The van der Waals surface area contributed by atoms with Crippen molar-refractivity contribution in [3.05, 3.63) is 0 Å². The van der Waals surface area contributed by atoms with E-state index in [0.717, 1.165) is 6.42 Å². The minimum Gasteiger partial charge on any atom is -0.480 e. The van der Waals surface area contributed by atoms with Crippen LogP contribution in [0.5, 0.6) is 0 Å². The van der Waals surface area contributed by atoms with Gasteiger partial charge in [-0.25, -0.2) is 0 Å². The second-order valence-electron chi connectivity index (χ2n) is 3.07. The van der Waals surface area contributed by atoms with Crippen LogP contribution in [0.25, 0.3) is 0 Å². The van der Waals surface area contributed by atoms with Crippen LogP contribution >= 0.6 is 0 Å². The Morgan fingerprint density at radius 3 is 2.27 bits per heavy atom. The summed E-state index contributed by atoms with van der Waals surface area (Å²) in [6.07, 6.45) is 0.865. The summed E-state index contributed by atoms with van der Waals surface area (Å²) in [5.41, 5.74) is -0.783. The van der Waals surface area contributed by atoms with Crippen LogP contribution in [0.1, 0.15) is 27.2 Å². The summed E-state index contributed by atoms with van der Waals surface area (Å²) in [4.78, 5) is 10.8. The molecule has 3 heteroatoms. The maximum atomic E-state index is 10.8. The lowest BCUT2D eigenvalue weighted by Crippen LogP contribution is -2.52. The molecular formula is C8H17NO2. The van der Waals surface area contributed by atoms with Crippen molar-refractivity contribution < 1.29 is 9.90 Å². The smallest absolute Gasteiger partial charge is 0.323 e. The van der Waals surface area contributed by atoms with Crippen LogP contribution in [-0.2, 0) is 4.79 Å². The molecule has 0 radical (unpaired) electrons. The van der Waals surface area contributed by atoms with Crippen LogP contribution in [0.2, 0.25) is 0 Å². The molecule has 0 rings (SSSR count). The minimum atomic E-state index is -0.783. The van der Waals surface area contributed by atoms with Crippen LogP contribution in [-0.4, -0.2) is 23.7 Å². The Kier molecular flexibility index (Phi) is 3.52. The highest BCUT2D eigenvalue weighted by atomic mass is 16.4. The number of carboxylic acids is 1. The van der Waals surface area contributed by atoms with Crippen molar-refractivity contribution in [2.45, 2.75) is 32.7 Å². The maximum Gasteiger partial charge on any atom is 0.323 e. The van der Waals surface area contributed by atoms with Gasteiger partial charge in [0.15, 0.2) is 0 Å². The van der Waals surface area contributed by atoms with Gasteiger partial charge in [0.1, 0.15) is 5.54 Å². The molecule has 0 aliphatic heterocycles. The van der Waals surface area contributed by atoms with E-state index in [1.54, 1.807) is 14.0 Å². The summed E-state index contributed by atoms with van der Waals surface area (Å²) in [6.45, 7) is 5.64. The summed E-state index contributed by atoms with van der Waals surface area (Å²) < 4.78 is 0. The van der Waals surface area contributed by atoms with Crippen molar-refractivity contribution in [1.29, 1.82) is 0 Å². The fraction of sp³-hybridized carbons (Fsp3) is 0.875. The van der Waals surface area contributed by atoms with Crippen molar-refractivity contribution in [3.8, 4) is 0 Å². The molecule has 0 spiro atoms. The fourth-order valence-corrected chi connectivity index (χ4v) is 0.972. The molecule has 0 fully saturated rings. The van der Waals surface area contributed by atoms with Crippen molar-refractivity contribution in [2.24, 2.45) is 5.92 Å². The molecule has 2 atom stereocenters. The third-order valence-electron chi connectivity index (χ3n) is 2.56. The number of nitrogens with one attached hydrogen (secondary N) is 1. The summed E-state index contributed by atoms with van der Waals surface area (Å²) >= 11 is 0. The standard InChI is InChI=1S/C8H17NO2/c1-5-6(2)8(3,9-4)7(10)11/h6,9H,5H2,1-4H3,(H,10,11). The zero-order chi connectivity index (χ0) is 9.07. The lowest BCUT2D eigenvalue weighted by molar-refractivity contribution is -0.146. The second-order valence-corrected chi connectivity index (χ2v) is 3.07. The van der Waals surface area contributed by atoms with E-state index < -0.39 is 11.5 Å². The molecular weight excluding hydrogens is 142 g/mol. The van der Waals surface area contributed by atoms with Gasteiger partial charge in [0.05, 0.1) is 0 Å². The van der Waals surface area contributed by atoms with Gasteiger partial charge in [-0.2, -0.15) is 0 Å². The van der Waals surface area contributed by atoms with Crippen LogP contribution in [0.3, 0.4) is 0 Å². The highest BCUT2D eigenvalue weighted by Crippen LogP contribution is 2.19. The maximum absolute atomic E-state index is 10.8. The number of hydrogen-bond donors (Lipinski definition) is 2. The van der Waals surface area contributed by atoms with Crippen LogP contribution in [0.4, 0.5) is 0 Å². The van der Waals surface area contributed by atoms with Gasteiger partial charge in [0.25, 0.3) is 0 Å². The van der Waals surface area contributed by atoms with Crippen molar-refractivity contribution in [1.82, 2.24) is 5.32 Å². The number of rotatable bonds is 4. The average Bonchev–Trinajstić information content (AvgIpc) is 2.01. The average molecular weight is 159 g/mol. The third-order valence-corrected chi connectivity index (χ3v) is 2.56. The first-order valence-electron chi connectivity index (χ1n) is 3.91. The predicted molar refractivity (Wildman–Crippen MR) is 44.6 cm³/mol. The zero-order valence-electron chi connectivity index (χ0n) is 7.64. The van der Waals surface area contributed by atoms with E-state index in [1.165, 1.54) is 0 Å². The van der Waals surface area contributed by atoms with Crippen molar-refractivity contribution in [2.75, 3.05) is 7.05 Å². The summed E-state index contributed by atoms with van der Waals surface area (Å²) in [5, 5.41) is 11.7. The van der Waals surface area contributed by atoms with Gasteiger partial charge >= 0.3 is 5.97 Å². The topological polar surface area (TPSA) is 49.3 Å². The molecule has 0 saturated carbocycles. The Hall–Kier alpha value is -0.570. The van der Waals surface area contributed by atoms with E-state index >= 15 is 0 Å². The number of carbonyl (C=O) groups is 1. The van der Waals surface area contributed by atoms with Gasteiger partial charge in [-0.05, 0) is 19.9 Å². The van der Waals surface area contributed by atoms with E-state index in [4.69, 9.17) is 5.11 Å². The van der Waals surface area contributed by atoms with Gasteiger partial charge < -0.3 is 10.4 Å². The summed E-state index contributed by atoms with van der Waals surface area (Å²) in [6, 6.07) is 0. The van der Waals surface area contributed by atoms with Gasteiger partial charge in [0.2, 0.25) is 0 Å². The molecule has 0 aromatic carbocycles. The molecule has 66 valence electrons. The lowest BCUT2D eigenvalue weighted by atomic mass is 9.85. The highest BCUT2D eigenvalue weighted by molar-refractivity contribution is 5.78. The van der Waals surface area contributed by atoms with E-state index in [0.29, 0.717) is 0 Å². The molecule has 0 heterocycles. The number of aliphatic carboxylic acids is 1. The van der Waals surface area contributed by atoms with Crippen LogP contribution in [0.15, 0.2) is 0 Å². The SMILES string of the molecule is CCC(C)C(C)(NC)C(=O)O. The van der Waals surface area contributed by atoms with E-state index in [1.807, 2.05) is 13.8 Å². The van der Waals surface area contributed by atoms with Crippen LogP contribution in [0, 0.1) is 5.92 Å². The predicted octanol–water partition coefficient (Wildman–Crippen LogP) is 1.10. The Labute approximate surface area is 67.8 Å². The number of carboxylic acid groups (broad SMARTS) is 1. The molecule has 0 aliphatic rings. The number of likely N-dealkylation sites (N-methyl/N-ethyl adjacent to an activating group) is 1. The number of hydrogen-bond acceptors (Lipinski definition) is 2. The van der Waals surface area contributed by atoms with Crippen LogP contribution < -0.4 is 5.32 Å². The molecule has 0 aromatic heterocycles. The molecule has 0 saturated heterocycles. The fourth-order valence-electron chi connectivity index (χ4n) is 0.972. The molecule has 2 unspecified atom stereocenters. The first kappa shape index (κ1) is 10.4. The third kappa shape index (κ3) is 1.93. The Morgan fingerprint density at radius 2 is 2.18 bits per heavy atom. The van der Waals surface area contributed by atoms with E-state index in [9.17, 15) is 4.79 Å². The van der Waals surface area contributed by atoms with Gasteiger partial charge in [-0.1, -0.05) is 20.3 Å². The largest absolute Gasteiger partial charge is 0.480 e. The van der Waals surface area contributed by atoms with Gasteiger partial charge in [0, 0.05) is 0 Å². The first-order valence-corrected chi connectivity index (χ1v) is 3.91. The summed E-state index contributed by atoms with van der Waals surface area (Å²) in [7, 11) is 1.68. The van der Waals surface area contributed by atoms with Crippen molar-refractivity contribution in [3.63, 3.8) is 0 Å². The summed E-state index contributed by atoms with van der Waals surface area (Å²) in [5.74, 6) is -0.639. The molecule has 0 aliphatic carbocycles. The Morgan fingerprint density at radius 1 is 1.73 bits per heavy atom. The Balaban J connectivity index is 4.45. The quantitative estimate of drug-likeness (QED) is 0.645. The molecule has 2 N–H and O–H groups in total. The minimum absolute atomic E-state index is 0.144. The zero-order valence-corrected chi connectivity index (χ0v) is 7.64. The van der Waals surface area contributed by atoms with Gasteiger partial charge in [-0.15, -0.1) is 0 Å². The highest BCUT2D eigenvalue weighted by Gasteiger charge is 2.35. The normalized spacial score (nSPS) is 18.9. The molecule has 0 aromatic rings.